The lowest BCUT2D eigenvalue weighted by Crippen LogP contribution is -2.10. The Labute approximate surface area is 127 Å². The smallest absolute Gasteiger partial charge is 0.201 e. The third kappa shape index (κ3) is 2.36. The van der Waals surface area contributed by atoms with Gasteiger partial charge in [0.05, 0.1) is 17.1 Å². The van der Waals surface area contributed by atoms with Crippen LogP contribution in [0.1, 0.15) is 24.1 Å². The quantitative estimate of drug-likeness (QED) is 0.766. The molecule has 0 saturated carbocycles. The molecule has 1 unspecified atom stereocenters. The highest BCUT2D eigenvalue weighted by Crippen LogP contribution is 2.29. The summed E-state index contributed by atoms with van der Waals surface area (Å²) in [4.78, 5) is 4.25. The van der Waals surface area contributed by atoms with Gasteiger partial charge in [0, 0.05) is 11.1 Å². The number of rotatable bonds is 2. The van der Waals surface area contributed by atoms with E-state index in [1.807, 2.05) is 35.8 Å². The van der Waals surface area contributed by atoms with Crippen molar-refractivity contribution in [1.29, 1.82) is 0 Å². The van der Waals surface area contributed by atoms with Crippen LogP contribution in [0, 0.1) is 12.7 Å². The summed E-state index contributed by atoms with van der Waals surface area (Å²) in [6, 6.07) is 10.8. The van der Waals surface area contributed by atoms with Gasteiger partial charge in [0.15, 0.2) is 0 Å². The van der Waals surface area contributed by atoms with Crippen LogP contribution < -0.4 is 5.73 Å². The van der Waals surface area contributed by atoms with Crippen LogP contribution in [-0.4, -0.2) is 9.55 Å². The molecular weight excluding hydrogens is 289 g/mol. The SMILES string of the molecule is Cc1cc2c(cc1F)nc(N)n2C(C)c1cccc(Cl)c1. The normalized spacial score (nSPS) is 12.8. The lowest BCUT2D eigenvalue weighted by atomic mass is 10.1. The van der Waals surface area contributed by atoms with E-state index in [2.05, 4.69) is 4.98 Å². The summed E-state index contributed by atoms with van der Waals surface area (Å²) in [5, 5.41) is 0.671. The van der Waals surface area contributed by atoms with E-state index >= 15 is 0 Å². The van der Waals surface area contributed by atoms with Crippen LogP contribution in [0.2, 0.25) is 5.02 Å². The molecule has 0 aliphatic carbocycles. The van der Waals surface area contributed by atoms with Gasteiger partial charge in [-0.2, -0.15) is 0 Å². The van der Waals surface area contributed by atoms with Gasteiger partial charge in [-0.25, -0.2) is 9.37 Å². The minimum atomic E-state index is -0.275. The van der Waals surface area contributed by atoms with E-state index in [4.69, 9.17) is 17.3 Å². The van der Waals surface area contributed by atoms with Crippen LogP contribution in [0.15, 0.2) is 36.4 Å². The van der Waals surface area contributed by atoms with Crippen molar-refractivity contribution in [2.45, 2.75) is 19.9 Å². The van der Waals surface area contributed by atoms with Crippen molar-refractivity contribution >= 4 is 28.6 Å². The number of imidazole rings is 1. The summed E-state index contributed by atoms with van der Waals surface area (Å²) in [7, 11) is 0. The molecule has 0 fully saturated rings. The van der Waals surface area contributed by atoms with Crippen LogP contribution in [-0.2, 0) is 0 Å². The fourth-order valence-corrected chi connectivity index (χ4v) is 2.76. The number of hydrogen-bond acceptors (Lipinski definition) is 2. The second-order valence-corrected chi connectivity index (χ2v) is 5.60. The van der Waals surface area contributed by atoms with E-state index in [0.29, 0.717) is 22.1 Å². The fraction of sp³-hybridized carbons (Fsp3) is 0.188. The Kier molecular flexibility index (Phi) is 3.33. The summed E-state index contributed by atoms with van der Waals surface area (Å²) in [5.74, 6) is 0.0880. The molecule has 5 heteroatoms. The van der Waals surface area contributed by atoms with Crippen LogP contribution in [0.25, 0.3) is 11.0 Å². The summed E-state index contributed by atoms with van der Waals surface area (Å²) in [5.41, 5.74) is 9.00. The van der Waals surface area contributed by atoms with Crippen LogP contribution in [0.4, 0.5) is 10.3 Å². The molecule has 0 radical (unpaired) electrons. The molecule has 1 atom stereocenters. The number of aromatic nitrogens is 2. The molecule has 0 bridgehead atoms. The molecule has 3 aromatic rings. The van der Waals surface area contributed by atoms with E-state index in [1.54, 1.807) is 13.0 Å². The number of fused-ring (bicyclic) bond motifs is 1. The molecule has 2 N–H and O–H groups in total. The summed E-state index contributed by atoms with van der Waals surface area (Å²) >= 11 is 6.05. The largest absolute Gasteiger partial charge is 0.369 e. The zero-order valence-electron chi connectivity index (χ0n) is 11.8. The standard InChI is InChI=1S/C16H15ClFN3/c1-9-6-15-14(8-13(9)18)20-16(19)21(15)10(2)11-4-3-5-12(17)7-11/h3-8,10H,1-2H3,(H2,19,20). The average molecular weight is 304 g/mol. The van der Waals surface area contributed by atoms with E-state index in [-0.39, 0.29) is 11.9 Å². The van der Waals surface area contributed by atoms with Crippen molar-refractivity contribution in [3.63, 3.8) is 0 Å². The predicted octanol–water partition coefficient (Wildman–Crippen LogP) is 4.33. The molecule has 3 nitrogen and oxygen atoms in total. The third-order valence-electron chi connectivity index (χ3n) is 3.72. The first-order valence-electron chi connectivity index (χ1n) is 6.66. The average Bonchev–Trinajstić information content (AvgIpc) is 2.74. The number of nitrogens with two attached hydrogens (primary N) is 1. The highest BCUT2D eigenvalue weighted by Gasteiger charge is 2.17. The van der Waals surface area contributed by atoms with Crippen molar-refractivity contribution in [3.8, 4) is 0 Å². The zero-order chi connectivity index (χ0) is 15.1. The van der Waals surface area contributed by atoms with Crippen molar-refractivity contribution in [2.75, 3.05) is 5.73 Å². The Balaban J connectivity index is 2.19. The van der Waals surface area contributed by atoms with Crippen molar-refractivity contribution in [2.24, 2.45) is 0 Å². The highest BCUT2D eigenvalue weighted by molar-refractivity contribution is 6.30. The van der Waals surface area contributed by atoms with Gasteiger partial charge in [-0.05, 0) is 43.2 Å². The molecular formula is C16H15ClFN3. The number of anilines is 1. The topological polar surface area (TPSA) is 43.8 Å². The Morgan fingerprint density at radius 2 is 2.05 bits per heavy atom. The molecule has 3 rings (SSSR count). The molecule has 0 aliphatic heterocycles. The maximum atomic E-state index is 13.7. The molecule has 0 aliphatic rings. The summed E-state index contributed by atoms with van der Waals surface area (Å²) in [6.45, 7) is 3.74. The van der Waals surface area contributed by atoms with Gasteiger partial charge in [0.25, 0.3) is 0 Å². The number of nitrogens with zero attached hydrogens (tertiary/aromatic N) is 2. The van der Waals surface area contributed by atoms with Gasteiger partial charge in [-0.3, -0.25) is 0 Å². The lowest BCUT2D eigenvalue weighted by molar-refractivity contribution is 0.619. The Bertz CT molecular complexity index is 826. The maximum Gasteiger partial charge on any atom is 0.201 e. The first-order valence-corrected chi connectivity index (χ1v) is 7.04. The van der Waals surface area contributed by atoms with Gasteiger partial charge < -0.3 is 10.3 Å². The van der Waals surface area contributed by atoms with Crippen LogP contribution in [0.5, 0.6) is 0 Å². The van der Waals surface area contributed by atoms with Crippen LogP contribution in [0.3, 0.4) is 0 Å². The van der Waals surface area contributed by atoms with Crippen molar-refractivity contribution in [1.82, 2.24) is 9.55 Å². The van der Waals surface area contributed by atoms with E-state index in [9.17, 15) is 4.39 Å². The van der Waals surface area contributed by atoms with Gasteiger partial charge in [-0.15, -0.1) is 0 Å². The first kappa shape index (κ1) is 13.9. The monoisotopic (exact) mass is 303 g/mol. The van der Waals surface area contributed by atoms with Gasteiger partial charge in [0.2, 0.25) is 5.95 Å². The second-order valence-electron chi connectivity index (χ2n) is 5.16. The van der Waals surface area contributed by atoms with Gasteiger partial charge in [0.1, 0.15) is 5.82 Å². The van der Waals surface area contributed by atoms with E-state index in [0.717, 1.165) is 11.1 Å². The summed E-state index contributed by atoms with van der Waals surface area (Å²) < 4.78 is 15.6. The first-order chi connectivity index (χ1) is 9.97. The van der Waals surface area contributed by atoms with Crippen molar-refractivity contribution < 1.29 is 4.39 Å². The molecule has 1 heterocycles. The molecule has 0 amide bonds. The lowest BCUT2D eigenvalue weighted by Gasteiger charge is -2.17. The Hall–Kier alpha value is -2.07. The van der Waals surface area contributed by atoms with E-state index < -0.39 is 0 Å². The highest BCUT2D eigenvalue weighted by atomic mass is 35.5. The molecule has 108 valence electrons. The molecule has 21 heavy (non-hydrogen) atoms. The van der Waals surface area contributed by atoms with Crippen molar-refractivity contribution in [3.05, 3.63) is 58.4 Å². The summed E-state index contributed by atoms with van der Waals surface area (Å²) in [6.07, 6.45) is 0. The Morgan fingerprint density at radius 1 is 1.29 bits per heavy atom. The minimum absolute atomic E-state index is 0.0430. The number of benzene rings is 2. The van der Waals surface area contributed by atoms with E-state index in [1.165, 1.54) is 6.07 Å². The number of hydrogen-bond donors (Lipinski definition) is 1. The molecule has 1 aromatic heterocycles. The third-order valence-corrected chi connectivity index (χ3v) is 3.95. The number of aryl methyl sites for hydroxylation is 1. The predicted molar refractivity (Wildman–Crippen MR) is 84.1 cm³/mol. The van der Waals surface area contributed by atoms with Crippen LogP contribution >= 0.6 is 11.6 Å². The van der Waals surface area contributed by atoms with Gasteiger partial charge >= 0.3 is 0 Å². The zero-order valence-corrected chi connectivity index (χ0v) is 12.5. The number of nitrogen functional groups attached to an aromatic ring is 1. The maximum absolute atomic E-state index is 13.7. The number of halogens is 2. The van der Waals surface area contributed by atoms with Gasteiger partial charge in [-0.1, -0.05) is 23.7 Å². The molecule has 2 aromatic carbocycles. The minimum Gasteiger partial charge on any atom is -0.369 e. The Morgan fingerprint density at radius 3 is 2.76 bits per heavy atom. The fourth-order valence-electron chi connectivity index (χ4n) is 2.56. The molecule has 0 spiro atoms. The second kappa shape index (κ2) is 5.04. The molecule has 0 saturated heterocycles.